The number of nitrogens with one attached hydrogen (secondary N) is 2. The summed E-state index contributed by atoms with van der Waals surface area (Å²) in [5, 5.41) is 0. The Kier molecular flexibility index (Phi) is 5.19. The summed E-state index contributed by atoms with van der Waals surface area (Å²) in [6.45, 7) is -0.543. The van der Waals surface area contributed by atoms with Crippen LogP contribution in [0.5, 0.6) is 5.75 Å². The lowest BCUT2D eigenvalue weighted by atomic mass is 10.2. The van der Waals surface area contributed by atoms with E-state index < -0.39 is 35.9 Å². The van der Waals surface area contributed by atoms with E-state index in [2.05, 4.69) is 0 Å². The van der Waals surface area contributed by atoms with Crippen molar-refractivity contribution in [3.8, 4) is 5.75 Å². The number of ether oxygens (including phenoxy) is 1. The molecule has 0 aliphatic carbocycles. The number of carbonyl (C=O) groups is 2. The summed E-state index contributed by atoms with van der Waals surface area (Å²) in [5.41, 5.74) is 3.82. The van der Waals surface area contributed by atoms with Crippen molar-refractivity contribution in [3.63, 3.8) is 0 Å². The maximum atomic E-state index is 13.3. The van der Waals surface area contributed by atoms with Crippen molar-refractivity contribution in [1.29, 1.82) is 0 Å². The lowest BCUT2D eigenvalue weighted by molar-refractivity contribution is -0.123. The number of amides is 2. The molecule has 2 rings (SSSR count). The Hall–Kier alpha value is -3.03. The van der Waals surface area contributed by atoms with Crippen LogP contribution in [0.3, 0.4) is 0 Å². The number of rotatable bonds is 4. The molecule has 0 saturated heterocycles. The molecule has 2 aromatic rings. The summed E-state index contributed by atoms with van der Waals surface area (Å²) in [6, 6.07) is 8.02. The number of benzene rings is 2. The largest absolute Gasteiger partial charge is 0.481 e. The average molecular weight is 324 g/mol. The standard InChI is InChI=1S/C15H11F3N2O3/c16-10-6-5-9(7-12(10)18)15(22)20-19-14(21)8-23-13-4-2-1-3-11(13)17/h1-7H,8H2,(H,19,21)(H,20,22). The van der Waals surface area contributed by atoms with Crippen molar-refractivity contribution in [2.45, 2.75) is 0 Å². The molecular weight excluding hydrogens is 313 g/mol. The second-order valence-electron chi connectivity index (χ2n) is 4.35. The van der Waals surface area contributed by atoms with Gasteiger partial charge in [0, 0.05) is 5.56 Å². The SMILES string of the molecule is O=C(COc1ccccc1F)NNC(=O)c1ccc(F)c(F)c1. The second kappa shape index (κ2) is 7.30. The lowest BCUT2D eigenvalue weighted by Crippen LogP contribution is -2.43. The van der Waals surface area contributed by atoms with Gasteiger partial charge < -0.3 is 4.74 Å². The van der Waals surface area contributed by atoms with Crippen LogP contribution in [0.25, 0.3) is 0 Å². The van der Waals surface area contributed by atoms with Crippen molar-refractivity contribution in [3.05, 3.63) is 65.5 Å². The third-order valence-electron chi connectivity index (χ3n) is 2.69. The molecule has 0 aliphatic rings. The smallest absolute Gasteiger partial charge is 0.276 e. The van der Waals surface area contributed by atoms with Gasteiger partial charge in [-0.15, -0.1) is 0 Å². The van der Waals surface area contributed by atoms with E-state index in [1.165, 1.54) is 18.2 Å². The highest BCUT2D eigenvalue weighted by Gasteiger charge is 2.11. The second-order valence-corrected chi connectivity index (χ2v) is 4.35. The summed E-state index contributed by atoms with van der Waals surface area (Å²) in [7, 11) is 0. The molecule has 2 amide bonds. The van der Waals surface area contributed by atoms with E-state index in [4.69, 9.17) is 4.74 Å². The molecule has 0 fully saturated rings. The minimum absolute atomic E-state index is 0.116. The van der Waals surface area contributed by atoms with E-state index in [9.17, 15) is 22.8 Å². The van der Waals surface area contributed by atoms with Gasteiger partial charge in [-0.1, -0.05) is 12.1 Å². The van der Waals surface area contributed by atoms with Crippen molar-refractivity contribution >= 4 is 11.8 Å². The Morgan fingerprint density at radius 3 is 2.35 bits per heavy atom. The fourth-order valence-electron chi connectivity index (χ4n) is 1.58. The fourth-order valence-corrected chi connectivity index (χ4v) is 1.58. The predicted octanol–water partition coefficient (Wildman–Crippen LogP) is 1.94. The molecule has 0 atom stereocenters. The Labute approximate surface area is 129 Å². The van der Waals surface area contributed by atoms with Crippen LogP contribution in [0.1, 0.15) is 10.4 Å². The third-order valence-corrected chi connectivity index (χ3v) is 2.69. The molecule has 0 saturated carbocycles. The molecule has 0 aromatic heterocycles. The van der Waals surface area contributed by atoms with Gasteiger partial charge in [0.15, 0.2) is 29.8 Å². The third kappa shape index (κ3) is 4.47. The Bertz CT molecular complexity index is 738. The monoisotopic (exact) mass is 324 g/mol. The molecule has 0 aliphatic heterocycles. The maximum Gasteiger partial charge on any atom is 0.276 e. The quantitative estimate of drug-likeness (QED) is 0.845. The van der Waals surface area contributed by atoms with Crippen LogP contribution in [-0.2, 0) is 4.79 Å². The highest BCUT2D eigenvalue weighted by molar-refractivity contribution is 5.95. The van der Waals surface area contributed by atoms with Gasteiger partial charge in [-0.05, 0) is 30.3 Å². The van der Waals surface area contributed by atoms with Gasteiger partial charge in [0.25, 0.3) is 11.8 Å². The number of carbonyl (C=O) groups excluding carboxylic acids is 2. The highest BCUT2D eigenvalue weighted by Crippen LogP contribution is 2.14. The lowest BCUT2D eigenvalue weighted by Gasteiger charge is -2.09. The van der Waals surface area contributed by atoms with Crippen LogP contribution in [-0.4, -0.2) is 18.4 Å². The summed E-state index contributed by atoms with van der Waals surface area (Å²) >= 11 is 0. The summed E-state index contributed by atoms with van der Waals surface area (Å²) < 4.78 is 43.9. The van der Waals surface area contributed by atoms with E-state index in [-0.39, 0.29) is 11.3 Å². The number of hydrazine groups is 1. The topological polar surface area (TPSA) is 67.4 Å². The molecule has 2 N–H and O–H groups in total. The molecule has 23 heavy (non-hydrogen) atoms. The van der Waals surface area contributed by atoms with Crippen LogP contribution >= 0.6 is 0 Å². The molecule has 0 heterocycles. The van der Waals surface area contributed by atoms with Crippen molar-refractivity contribution in [2.24, 2.45) is 0 Å². The van der Waals surface area contributed by atoms with E-state index in [1.807, 2.05) is 10.9 Å². The van der Waals surface area contributed by atoms with Crippen molar-refractivity contribution in [2.75, 3.05) is 6.61 Å². The van der Waals surface area contributed by atoms with Gasteiger partial charge in [0.1, 0.15) is 0 Å². The van der Waals surface area contributed by atoms with Gasteiger partial charge in [0.2, 0.25) is 0 Å². The highest BCUT2D eigenvalue weighted by atomic mass is 19.2. The van der Waals surface area contributed by atoms with Crippen LogP contribution in [0.4, 0.5) is 13.2 Å². The van der Waals surface area contributed by atoms with Gasteiger partial charge >= 0.3 is 0 Å². The van der Waals surface area contributed by atoms with Crippen LogP contribution in [0.15, 0.2) is 42.5 Å². The van der Waals surface area contributed by atoms with Crippen LogP contribution in [0.2, 0.25) is 0 Å². The minimum atomic E-state index is -1.19. The summed E-state index contributed by atoms with van der Waals surface area (Å²) in [4.78, 5) is 23.1. The van der Waals surface area contributed by atoms with Crippen molar-refractivity contribution in [1.82, 2.24) is 10.9 Å². The molecule has 8 heteroatoms. The maximum absolute atomic E-state index is 13.3. The zero-order chi connectivity index (χ0) is 16.8. The predicted molar refractivity (Wildman–Crippen MR) is 73.9 cm³/mol. The number of hydrogen-bond donors (Lipinski definition) is 2. The van der Waals surface area contributed by atoms with Gasteiger partial charge in [-0.25, -0.2) is 13.2 Å². The first-order chi connectivity index (χ1) is 11.0. The molecular formula is C15H11F3N2O3. The number of hydrogen-bond acceptors (Lipinski definition) is 3. The van der Waals surface area contributed by atoms with Gasteiger partial charge in [0.05, 0.1) is 0 Å². The van der Waals surface area contributed by atoms with E-state index >= 15 is 0 Å². The Balaban J connectivity index is 1.83. The summed E-state index contributed by atoms with van der Waals surface area (Å²) in [5.74, 6) is -4.64. The molecule has 5 nitrogen and oxygen atoms in total. The van der Waals surface area contributed by atoms with Crippen molar-refractivity contribution < 1.29 is 27.5 Å². The summed E-state index contributed by atoms with van der Waals surface area (Å²) in [6.07, 6.45) is 0. The Morgan fingerprint density at radius 1 is 0.913 bits per heavy atom. The van der Waals surface area contributed by atoms with Gasteiger partial charge in [-0.3, -0.25) is 20.4 Å². The van der Waals surface area contributed by atoms with E-state index in [1.54, 1.807) is 0 Å². The first-order valence-electron chi connectivity index (χ1n) is 6.39. The minimum Gasteiger partial charge on any atom is -0.481 e. The number of para-hydroxylation sites is 1. The molecule has 120 valence electrons. The fraction of sp³-hybridized carbons (Fsp3) is 0.0667. The van der Waals surface area contributed by atoms with E-state index in [0.717, 1.165) is 18.2 Å². The zero-order valence-electron chi connectivity index (χ0n) is 11.6. The Morgan fingerprint density at radius 2 is 1.65 bits per heavy atom. The first-order valence-corrected chi connectivity index (χ1v) is 6.39. The van der Waals surface area contributed by atoms with Gasteiger partial charge in [-0.2, -0.15) is 0 Å². The molecule has 0 bridgehead atoms. The van der Waals surface area contributed by atoms with Crippen LogP contribution in [0, 0.1) is 17.5 Å². The van der Waals surface area contributed by atoms with Crippen LogP contribution < -0.4 is 15.6 Å². The molecule has 0 spiro atoms. The number of halogens is 3. The molecule has 2 aromatic carbocycles. The molecule has 0 unspecified atom stereocenters. The normalized spacial score (nSPS) is 10.0. The molecule has 0 radical (unpaired) electrons. The average Bonchev–Trinajstić information content (AvgIpc) is 2.54. The first kappa shape index (κ1) is 16.3. The van der Waals surface area contributed by atoms with E-state index in [0.29, 0.717) is 6.07 Å². The zero-order valence-corrected chi connectivity index (χ0v) is 11.6.